The number of rotatable bonds is 1. The van der Waals surface area contributed by atoms with Crippen molar-refractivity contribution in [3.63, 3.8) is 0 Å². The Hall–Kier alpha value is -2.24. The summed E-state index contributed by atoms with van der Waals surface area (Å²) in [6.07, 6.45) is -0.585. The summed E-state index contributed by atoms with van der Waals surface area (Å²) in [4.78, 5) is 28.1. The number of nitrogens with zero attached hydrogens (tertiary/aromatic N) is 2. The maximum Gasteiger partial charge on any atom is 0.408 e. The van der Waals surface area contributed by atoms with E-state index in [4.69, 9.17) is 4.74 Å². The quantitative estimate of drug-likeness (QED) is 0.862. The lowest BCUT2D eigenvalue weighted by Gasteiger charge is -2.25. The second-order valence-corrected chi connectivity index (χ2v) is 6.47. The molecule has 0 saturated carbocycles. The zero-order valence-corrected chi connectivity index (χ0v) is 13.7. The highest BCUT2D eigenvalue weighted by molar-refractivity contribution is 6.02. The highest BCUT2D eigenvalue weighted by Gasteiger charge is 2.32. The van der Waals surface area contributed by atoms with Gasteiger partial charge in [-0.05, 0) is 32.9 Å². The minimum Gasteiger partial charge on any atom is -0.444 e. The van der Waals surface area contributed by atoms with Crippen molar-refractivity contribution in [2.24, 2.45) is 0 Å². The third kappa shape index (κ3) is 3.50. The van der Waals surface area contributed by atoms with Gasteiger partial charge in [-0.1, -0.05) is 12.1 Å². The van der Waals surface area contributed by atoms with Crippen molar-refractivity contribution in [3.05, 3.63) is 24.3 Å². The van der Waals surface area contributed by atoms with Gasteiger partial charge in [-0.3, -0.25) is 4.79 Å². The number of ether oxygens (including phenoxy) is 1. The first-order valence-electron chi connectivity index (χ1n) is 7.26. The number of anilines is 2. The van der Waals surface area contributed by atoms with Gasteiger partial charge in [0.05, 0.1) is 11.4 Å². The SMILES string of the molecule is CN1CC(NC(=O)OC(C)(C)C)C(=O)N(C)c2ccccc21. The van der Waals surface area contributed by atoms with Crippen LogP contribution in [0.15, 0.2) is 24.3 Å². The molecule has 120 valence electrons. The van der Waals surface area contributed by atoms with E-state index in [2.05, 4.69) is 5.32 Å². The average Bonchev–Trinajstić information content (AvgIpc) is 2.49. The van der Waals surface area contributed by atoms with Crippen molar-refractivity contribution in [2.45, 2.75) is 32.4 Å². The lowest BCUT2D eigenvalue weighted by molar-refractivity contribution is -0.120. The van der Waals surface area contributed by atoms with Gasteiger partial charge >= 0.3 is 6.09 Å². The van der Waals surface area contributed by atoms with Crippen molar-refractivity contribution in [2.75, 3.05) is 30.4 Å². The van der Waals surface area contributed by atoms with Gasteiger partial charge in [0, 0.05) is 20.6 Å². The fourth-order valence-corrected chi connectivity index (χ4v) is 2.43. The molecule has 0 aromatic heterocycles. The molecule has 1 atom stereocenters. The van der Waals surface area contributed by atoms with Gasteiger partial charge in [0.15, 0.2) is 0 Å². The average molecular weight is 305 g/mol. The van der Waals surface area contributed by atoms with E-state index in [0.717, 1.165) is 11.4 Å². The van der Waals surface area contributed by atoms with E-state index >= 15 is 0 Å². The summed E-state index contributed by atoms with van der Waals surface area (Å²) in [6, 6.07) is 7.00. The highest BCUT2D eigenvalue weighted by Crippen LogP contribution is 2.30. The van der Waals surface area contributed by atoms with Crippen LogP contribution in [0, 0.1) is 0 Å². The largest absolute Gasteiger partial charge is 0.444 e. The first kappa shape index (κ1) is 16.1. The number of carbonyl (C=O) groups is 2. The molecule has 6 heteroatoms. The molecular formula is C16H23N3O3. The predicted octanol–water partition coefficient (Wildman–Crippen LogP) is 1.99. The second-order valence-electron chi connectivity index (χ2n) is 6.47. The molecule has 1 aliphatic heterocycles. The molecule has 0 bridgehead atoms. The smallest absolute Gasteiger partial charge is 0.408 e. The van der Waals surface area contributed by atoms with Crippen LogP contribution in [-0.4, -0.2) is 44.3 Å². The van der Waals surface area contributed by atoms with E-state index in [-0.39, 0.29) is 5.91 Å². The molecule has 6 nitrogen and oxygen atoms in total. The lowest BCUT2D eigenvalue weighted by Crippen LogP contribution is -2.51. The fourth-order valence-electron chi connectivity index (χ4n) is 2.43. The number of hydrogen-bond acceptors (Lipinski definition) is 4. The number of fused-ring (bicyclic) bond motifs is 1. The van der Waals surface area contributed by atoms with Crippen molar-refractivity contribution in [1.82, 2.24) is 5.32 Å². The second kappa shape index (κ2) is 5.87. The van der Waals surface area contributed by atoms with E-state index < -0.39 is 17.7 Å². The van der Waals surface area contributed by atoms with Gasteiger partial charge < -0.3 is 19.9 Å². The maximum atomic E-state index is 12.6. The van der Waals surface area contributed by atoms with E-state index in [0.29, 0.717) is 6.54 Å². The fraction of sp³-hybridized carbons (Fsp3) is 0.500. The number of amides is 2. The molecule has 1 N–H and O–H groups in total. The van der Waals surface area contributed by atoms with Crippen LogP contribution >= 0.6 is 0 Å². The number of hydrogen-bond donors (Lipinski definition) is 1. The first-order chi connectivity index (χ1) is 10.2. The van der Waals surface area contributed by atoms with Crippen molar-refractivity contribution in [3.8, 4) is 0 Å². The van der Waals surface area contributed by atoms with Crippen LogP contribution in [0.1, 0.15) is 20.8 Å². The molecule has 1 aliphatic rings. The van der Waals surface area contributed by atoms with Crippen LogP contribution in [-0.2, 0) is 9.53 Å². The van der Waals surface area contributed by atoms with Crippen molar-refractivity contribution >= 4 is 23.4 Å². The third-order valence-electron chi connectivity index (χ3n) is 3.43. The van der Waals surface area contributed by atoms with Gasteiger partial charge in [-0.15, -0.1) is 0 Å². The molecule has 0 radical (unpaired) electrons. The summed E-state index contributed by atoms with van der Waals surface area (Å²) in [7, 11) is 3.61. The molecule has 22 heavy (non-hydrogen) atoms. The number of nitrogens with one attached hydrogen (secondary N) is 1. The van der Waals surface area contributed by atoms with Crippen LogP contribution in [0.5, 0.6) is 0 Å². The minimum absolute atomic E-state index is 0.164. The molecule has 0 aliphatic carbocycles. The molecule has 1 heterocycles. The van der Waals surface area contributed by atoms with Crippen LogP contribution in [0.2, 0.25) is 0 Å². The third-order valence-corrected chi connectivity index (χ3v) is 3.43. The molecule has 1 aromatic rings. The molecule has 0 fully saturated rings. The summed E-state index contributed by atoms with van der Waals surface area (Å²) in [5, 5.41) is 2.67. The Morgan fingerprint density at radius 2 is 1.82 bits per heavy atom. The van der Waals surface area contributed by atoms with E-state index in [1.165, 1.54) is 0 Å². The summed E-state index contributed by atoms with van der Waals surface area (Å²) >= 11 is 0. The molecule has 2 rings (SSSR count). The Morgan fingerprint density at radius 1 is 1.23 bits per heavy atom. The monoisotopic (exact) mass is 305 g/mol. The number of alkyl carbamates (subject to hydrolysis) is 1. The zero-order valence-electron chi connectivity index (χ0n) is 13.7. The molecule has 1 unspecified atom stereocenters. The van der Waals surface area contributed by atoms with Gasteiger partial charge in [0.1, 0.15) is 11.6 Å². The minimum atomic E-state index is -0.655. The molecule has 0 spiro atoms. The summed E-state index contributed by atoms with van der Waals surface area (Å²) < 4.78 is 5.24. The normalized spacial score (nSPS) is 18.6. The van der Waals surface area contributed by atoms with Crippen molar-refractivity contribution in [1.29, 1.82) is 0 Å². The Morgan fingerprint density at radius 3 is 2.41 bits per heavy atom. The Labute approximate surface area is 131 Å². The molecule has 2 amide bonds. The van der Waals surface area contributed by atoms with E-state index in [1.54, 1.807) is 32.7 Å². The molecular weight excluding hydrogens is 282 g/mol. The highest BCUT2D eigenvalue weighted by atomic mass is 16.6. The number of para-hydroxylation sites is 2. The van der Waals surface area contributed by atoms with Crippen LogP contribution in [0.25, 0.3) is 0 Å². The van der Waals surface area contributed by atoms with Crippen molar-refractivity contribution < 1.29 is 14.3 Å². The molecule has 0 saturated heterocycles. The number of likely N-dealkylation sites (N-methyl/N-ethyl adjacent to an activating group) is 2. The van der Waals surface area contributed by atoms with Crippen LogP contribution < -0.4 is 15.1 Å². The Kier molecular flexibility index (Phi) is 4.30. The lowest BCUT2D eigenvalue weighted by atomic mass is 10.2. The number of benzene rings is 1. The first-order valence-corrected chi connectivity index (χ1v) is 7.26. The summed E-state index contributed by atoms with van der Waals surface area (Å²) in [5.74, 6) is -0.164. The molecule has 1 aromatic carbocycles. The number of carbonyl (C=O) groups excluding carboxylic acids is 2. The van der Waals surface area contributed by atoms with Crippen LogP contribution in [0.3, 0.4) is 0 Å². The van der Waals surface area contributed by atoms with Crippen LogP contribution in [0.4, 0.5) is 16.2 Å². The summed E-state index contributed by atoms with van der Waals surface area (Å²) in [6.45, 7) is 5.75. The topological polar surface area (TPSA) is 61.9 Å². The predicted molar refractivity (Wildman–Crippen MR) is 86.3 cm³/mol. The van der Waals surface area contributed by atoms with Gasteiger partial charge in [0.25, 0.3) is 5.91 Å². The zero-order chi connectivity index (χ0) is 16.5. The Bertz CT molecular complexity index is 580. The van der Waals surface area contributed by atoms with Gasteiger partial charge in [-0.25, -0.2) is 4.79 Å². The van der Waals surface area contributed by atoms with Gasteiger partial charge in [0.2, 0.25) is 0 Å². The maximum absolute atomic E-state index is 12.6. The standard InChI is InChI=1S/C16H23N3O3/c1-16(2,3)22-15(21)17-11-10-18(4)12-8-6-7-9-13(12)19(5)14(11)20/h6-9,11H,10H2,1-5H3,(H,17,21). The van der Waals surface area contributed by atoms with Gasteiger partial charge in [-0.2, -0.15) is 0 Å². The Balaban J connectivity index is 2.19. The van der Waals surface area contributed by atoms with E-state index in [9.17, 15) is 9.59 Å². The van der Waals surface area contributed by atoms with E-state index in [1.807, 2.05) is 36.2 Å². The summed E-state index contributed by atoms with van der Waals surface area (Å²) in [5.41, 5.74) is 1.17.